The highest BCUT2D eigenvalue weighted by Gasteiger charge is 2.30. The summed E-state index contributed by atoms with van der Waals surface area (Å²) in [5.41, 5.74) is -1.12. The normalized spacial score (nSPS) is 11.8. The van der Waals surface area contributed by atoms with Gasteiger partial charge < -0.3 is 9.80 Å². The second-order valence-corrected chi connectivity index (χ2v) is 7.99. The lowest BCUT2D eigenvalue weighted by atomic mass is 10.1. The van der Waals surface area contributed by atoms with E-state index in [-0.39, 0.29) is 25.4 Å². The summed E-state index contributed by atoms with van der Waals surface area (Å²) in [6, 6.07) is 11.5. The fraction of sp³-hybridized carbons (Fsp3) is 0.348. The van der Waals surface area contributed by atoms with Gasteiger partial charge in [0.05, 0.1) is 16.5 Å². The molecular weight excluding hydrogens is 437 g/mol. The maximum atomic E-state index is 13.1. The lowest BCUT2D eigenvalue weighted by Gasteiger charge is -2.25. The van der Waals surface area contributed by atoms with E-state index in [1.54, 1.807) is 30.3 Å². The SMILES string of the molecule is CN(C)CCN(Cc1cccc(C(F)(F)F)c1)C(=O)CCn1c(=O)[nH]c(=O)c2ccccc21. The van der Waals surface area contributed by atoms with Gasteiger partial charge in [0.1, 0.15) is 0 Å². The number of nitrogens with zero attached hydrogens (tertiary/aromatic N) is 3. The third-order valence-electron chi connectivity index (χ3n) is 5.25. The van der Waals surface area contributed by atoms with Crippen molar-refractivity contribution in [1.82, 2.24) is 19.4 Å². The number of hydrogen-bond donors (Lipinski definition) is 1. The highest BCUT2D eigenvalue weighted by atomic mass is 19.4. The highest BCUT2D eigenvalue weighted by Crippen LogP contribution is 2.29. The zero-order valence-corrected chi connectivity index (χ0v) is 18.4. The predicted molar refractivity (Wildman–Crippen MR) is 119 cm³/mol. The molecule has 0 radical (unpaired) electrons. The number of H-pyrrole nitrogens is 1. The lowest BCUT2D eigenvalue weighted by Crippen LogP contribution is -2.38. The van der Waals surface area contributed by atoms with Crippen LogP contribution in [0.5, 0.6) is 0 Å². The van der Waals surface area contributed by atoms with E-state index in [0.717, 1.165) is 12.1 Å². The van der Waals surface area contributed by atoms with Crippen LogP contribution in [0.25, 0.3) is 10.9 Å². The molecule has 0 aliphatic heterocycles. The quantitative estimate of drug-likeness (QED) is 0.559. The number of aryl methyl sites for hydroxylation is 1. The molecule has 0 fully saturated rings. The van der Waals surface area contributed by atoms with E-state index in [0.29, 0.717) is 29.6 Å². The summed E-state index contributed by atoms with van der Waals surface area (Å²) in [7, 11) is 3.66. The van der Waals surface area contributed by atoms with Crippen LogP contribution in [-0.2, 0) is 24.1 Å². The van der Waals surface area contributed by atoms with Crippen LogP contribution >= 0.6 is 0 Å². The number of nitrogens with one attached hydrogen (secondary N) is 1. The number of fused-ring (bicyclic) bond motifs is 1. The summed E-state index contributed by atoms with van der Waals surface area (Å²) in [5, 5.41) is 0.331. The molecule has 2 aromatic carbocycles. The van der Waals surface area contributed by atoms with Crippen molar-refractivity contribution < 1.29 is 18.0 Å². The van der Waals surface area contributed by atoms with Gasteiger partial charge in [-0.15, -0.1) is 0 Å². The molecule has 3 rings (SSSR count). The zero-order chi connectivity index (χ0) is 24.2. The van der Waals surface area contributed by atoms with E-state index in [9.17, 15) is 27.6 Å². The van der Waals surface area contributed by atoms with Gasteiger partial charge in [-0.25, -0.2) is 4.79 Å². The molecule has 1 heterocycles. The lowest BCUT2D eigenvalue weighted by molar-refractivity contribution is -0.137. The summed E-state index contributed by atoms with van der Waals surface area (Å²) in [6.07, 6.45) is -4.52. The molecule has 0 atom stereocenters. The Morgan fingerprint density at radius 2 is 1.76 bits per heavy atom. The Bertz CT molecular complexity index is 1250. The topological polar surface area (TPSA) is 78.4 Å². The van der Waals surface area contributed by atoms with E-state index >= 15 is 0 Å². The Morgan fingerprint density at radius 1 is 1.03 bits per heavy atom. The number of halogens is 3. The van der Waals surface area contributed by atoms with Gasteiger partial charge in [-0.05, 0) is 43.9 Å². The number of likely N-dealkylation sites (N-methyl/N-ethyl adjacent to an activating group) is 1. The van der Waals surface area contributed by atoms with Crippen molar-refractivity contribution in [3.63, 3.8) is 0 Å². The van der Waals surface area contributed by atoms with Crippen molar-refractivity contribution in [2.75, 3.05) is 27.2 Å². The van der Waals surface area contributed by atoms with Gasteiger partial charge in [-0.2, -0.15) is 13.2 Å². The first-order chi connectivity index (χ1) is 15.6. The number of aromatic amines is 1. The minimum Gasteiger partial charge on any atom is -0.337 e. The summed E-state index contributed by atoms with van der Waals surface area (Å²) < 4.78 is 40.5. The van der Waals surface area contributed by atoms with E-state index < -0.39 is 23.0 Å². The first kappa shape index (κ1) is 24.2. The molecule has 0 saturated carbocycles. The number of benzene rings is 2. The number of rotatable bonds is 8. The van der Waals surface area contributed by atoms with Gasteiger partial charge in [0.2, 0.25) is 5.91 Å². The molecule has 0 bridgehead atoms. The Hall–Kier alpha value is -3.40. The van der Waals surface area contributed by atoms with Gasteiger partial charge in [0, 0.05) is 32.6 Å². The maximum Gasteiger partial charge on any atom is 0.416 e. The molecule has 33 heavy (non-hydrogen) atoms. The van der Waals surface area contributed by atoms with Crippen molar-refractivity contribution in [3.8, 4) is 0 Å². The van der Waals surface area contributed by atoms with Crippen molar-refractivity contribution in [1.29, 1.82) is 0 Å². The molecule has 0 spiro atoms. The van der Waals surface area contributed by atoms with Gasteiger partial charge in [-0.1, -0.05) is 24.3 Å². The number of amides is 1. The smallest absolute Gasteiger partial charge is 0.337 e. The van der Waals surface area contributed by atoms with Gasteiger partial charge in [0.15, 0.2) is 0 Å². The van der Waals surface area contributed by atoms with Crippen molar-refractivity contribution in [3.05, 3.63) is 80.5 Å². The van der Waals surface area contributed by atoms with Crippen LogP contribution in [0.3, 0.4) is 0 Å². The first-order valence-electron chi connectivity index (χ1n) is 10.4. The summed E-state index contributed by atoms with van der Waals surface area (Å²) in [5.74, 6) is -0.309. The van der Waals surface area contributed by atoms with E-state index in [1.807, 2.05) is 19.0 Å². The molecular formula is C23H25F3N4O3. The Labute approximate surface area is 188 Å². The fourth-order valence-electron chi connectivity index (χ4n) is 3.51. The average molecular weight is 462 g/mol. The fourth-order valence-corrected chi connectivity index (χ4v) is 3.51. The van der Waals surface area contributed by atoms with E-state index in [2.05, 4.69) is 4.98 Å². The van der Waals surface area contributed by atoms with Crippen molar-refractivity contribution in [2.45, 2.75) is 25.7 Å². The first-order valence-corrected chi connectivity index (χ1v) is 10.4. The Morgan fingerprint density at radius 3 is 2.45 bits per heavy atom. The van der Waals surface area contributed by atoms with Crippen LogP contribution in [-0.4, -0.2) is 52.4 Å². The molecule has 7 nitrogen and oxygen atoms in total. The standard InChI is InChI=1S/C23H25F3N4O3/c1-28(2)12-13-29(15-16-6-5-7-17(14-16)23(24,25)26)20(31)10-11-30-19-9-4-3-8-18(19)21(32)27-22(30)33/h3-9,14H,10-13,15H2,1-2H3,(H,27,32,33). The minimum absolute atomic E-state index is 0.0118. The minimum atomic E-state index is -4.47. The summed E-state index contributed by atoms with van der Waals surface area (Å²) in [6.45, 7) is 0.865. The number of hydrogen-bond acceptors (Lipinski definition) is 4. The maximum absolute atomic E-state index is 13.1. The van der Waals surface area contributed by atoms with E-state index in [1.165, 1.54) is 15.5 Å². The number of carbonyl (C=O) groups is 1. The van der Waals surface area contributed by atoms with Crippen LogP contribution in [0, 0.1) is 0 Å². The molecule has 1 aromatic heterocycles. The number of para-hydroxylation sites is 1. The summed E-state index contributed by atoms with van der Waals surface area (Å²) >= 11 is 0. The zero-order valence-electron chi connectivity index (χ0n) is 18.4. The Kier molecular flexibility index (Phi) is 7.37. The van der Waals surface area contributed by atoms with Crippen molar-refractivity contribution in [2.24, 2.45) is 0 Å². The second-order valence-electron chi connectivity index (χ2n) is 7.99. The average Bonchev–Trinajstić information content (AvgIpc) is 2.75. The predicted octanol–water partition coefficient (Wildman–Crippen LogP) is 2.69. The van der Waals surface area contributed by atoms with E-state index in [4.69, 9.17) is 0 Å². The molecule has 0 unspecified atom stereocenters. The molecule has 176 valence electrons. The largest absolute Gasteiger partial charge is 0.416 e. The number of carbonyl (C=O) groups excluding carboxylic acids is 1. The molecule has 10 heteroatoms. The molecule has 0 saturated heterocycles. The van der Waals surface area contributed by atoms with Crippen LogP contribution in [0.15, 0.2) is 58.1 Å². The Balaban J connectivity index is 1.82. The van der Waals surface area contributed by atoms with Crippen molar-refractivity contribution >= 4 is 16.8 Å². The summed E-state index contributed by atoms with van der Waals surface area (Å²) in [4.78, 5) is 43.0. The van der Waals surface area contributed by atoms with Crippen LogP contribution in [0.2, 0.25) is 0 Å². The third-order valence-corrected chi connectivity index (χ3v) is 5.25. The van der Waals surface area contributed by atoms with Gasteiger partial charge >= 0.3 is 11.9 Å². The number of aromatic nitrogens is 2. The highest BCUT2D eigenvalue weighted by molar-refractivity contribution is 5.79. The molecule has 1 amide bonds. The molecule has 3 aromatic rings. The van der Waals surface area contributed by atoms with Crippen LogP contribution in [0.4, 0.5) is 13.2 Å². The number of alkyl halides is 3. The third kappa shape index (κ3) is 6.10. The monoisotopic (exact) mass is 462 g/mol. The molecule has 1 N–H and O–H groups in total. The molecule has 0 aliphatic carbocycles. The second kappa shape index (κ2) is 10.0. The van der Waals surface area contributed by atoms with Crippen LogP contribution < -0.4 is 11.2 Å². The van der Waals surface area contributed by atoms with Crippen LogP contribution in [0.1, 0.15) is 17.5 Å². The van der Waals surface area contributed by atoms with Gasteiger partial charge in [0.25, 0.3) is 5.56 Å². The molecule has 0 aliphatic rings. The van der Waals surface area contributed by atoms with Gasteiger partial charge in [-0.3, -0.25) is 19.1 Å².